The van der Waals surface area contributed by atoms with E-state index in [1.807, 2.05) is 30.3 Å². The van der Waals surface area contributed by atoms with E-state index in [0.717, 1.165) is 5.56 Å². The number of nitrogens with one attached hydrogen (secondary N) is 3. The fourth-order valence-electron chi connectivity index (χ4n) is 2.40. The van der Waals surface area contributed by atoms with Gasteiger partial charge >= 0.3 is 0 Å². The average Bonchev–Trinajstić information content (AvgIpc) is 2.66. The van der Waals surface area contributed by atoms with Gasteiger partial charge < -0.3 is 10.6 Å². The van der Waals surface area contributed by atoms with Gasteiger partial charge in [0.25, 0.3) is 5.91 Å². The van der Waals surface area contributed by atoms with E-state index in [2.05, 4.69) is 15.4 Å². The van der Waals surface area contributed by atoms with Gasteiger partial charge in [0.05, 0.1) is 11.3 Å². The summed E-state index contributed by atoms with van der Waals surface area (Å²) in [5, 5.41) is 5.39. The molecule has 2 amide bonds. The molecule has 2 aromatic rings. The third-order valence-corrected chi connectivity index (χ3v) is 5.22. The predicted molar refractivity (Wildman–Crippen MR) is 103 cm³/mol. The van der Waals surface area contributed by atoms with E-state index in [0.29, 0.717) is 0 Å². The SMILES string of the molecule is CCNS(=O)(=O)c1cccc(C(=O)NCCNC(=O)Cc2ccccc2)c1. The molecule has 27 heavy (non-hydrogen) atoms. The average molecular weight is 389 g/mol. The summed E-state index contributed by atoms with van der Waals surface area (Å²) in [6.45, 7) is 2.47. The molecular formula is C19H23N3O4S. The summed E-state index contributed by atoms with van der Waals surface area (Å²) in [5.41, 5.74) is 1.15. The molecule has 0 aliphatic rings. The minimum absolute atomic E-state index is 0.0353. The summed E-state index contributed by atoms with van der Waals surface area (Å²) in [6, 6.07) is 15.2. The van der Waals surface area contributed by atoms with Gasteiger partial charge in [-0.1, -0.05) is 43.3 Å². The van der Waals surface area contributed by atoms with Crippen molar-refractivity contribution < 1.29 is 18.0 Å². The molecule has 0 saturated heterocycles. The number of carbonyl (C=O) groups excluding carboxylic acids is 2. The number of carbonyl (C=O) groups is 2. The van der Waals surface area contributed by atoms with E-state index in [1.165, 1.54) is 24.3 Å². The highest BCUT2D eigenvalue weighted by Crippen LogP contribution is 2.11. The minimum Gasteiger partial charge on any atom is -0.354 e. The highest BCUT2D eigenvalue weighted by atomic mass is 32.2. The van der Waals surface area contributed by atoms with Crippen molar-refractivity contribution in [2.75, 3.05) is 19.6 Å². The third kappa shape index (κ3) is 6.50. The van der Waals surface area contributed by atoms with Crippen molar-refractivity contribution in [2.45, 2.75) is 18.2 Å². The quantitative estimate of drug-likeness (QED) is 0.558. The molecule has 7 nitrogen and oxygen atoms in total. The summed E-state index contributed by atoms with van der Waals surface area (Å²) < 4.78 is 26.4. The van der Waals surface area contributed by atoms with Crippen LogP contribution >= 0.6 is 0 Å². The van der Waals surface area contributed by atoms with Crippen LogP contribution in [0, 0.1) is 0 Å². The first-order chi connectivity index (χ1) is 12.9. The molecule has 0 aromatic heterocycles. The molecule has 0 unspecified atom stereocenters. The van der Waals surface area contributed by atoms with Crippen LogP contribution < -0.4 is 15.4 Å². The molecule has 0 bridgehead atoms. The molecule has 0 spiro atoms. The minimum atomic E-state index is -3.62. The number of benzene rings is 2. The molecule has 0 aliphatic carbocycles. The lowest BCUT2D eigenvalue weighted by molar-refractivity contribution is -0.120. The first-order valence-electron chi connectivity index (χ1n) is 8.61. The molecule has 144 valence electrons. The van der Waals surface area contributed by atoms with Crippen molar-refractivity contribution >= 4 is 21.8 Å². The van der Waals surface area contributed by atoms with Crippen molar-refractivity contribution in [3.63, 3.8) is 0 Å². The van der Waals surface area contributed by atoms with Crippen molar-refractivity contribution in [1.82, 2.24) is 15.4 Å². The zero-order valence-corrected chi connectivity index (χ0v) is 15.9. The van der Waals surface area contributed by atoms with Gasteiger partial charge in [0.2, 0.25) is 15.9 Å². The Morgan fingerprint density at radius 1 is 0.926 bits per heavy atom. The second-order valence-electron chi connectivity index (χ2n) is 5.80. The molecule has 0 aliphatic heterocycles. The first kappa shape index (κ1) is 20.6. The Morgan fingerprint density at radius 3 is 2.33 bits per heavy atom. The summed E-state index contributed by atoms with van der Waals surface area (Å²) >= 11 is 0. The van der Waals surface area contributed by atoms with Gasteiger partial charge in [-0.2, -0.15) is 0 Å². The van der Waals surface area contributed by atoms with Crippen LogP contribution in [0.2, 0.25) is 0 Å². The highest BCUT2D eigenvalue weighted by Gasteiger charge is 2.15. The number of sulfonamides is 1. The van der Waals surface area contributed by atoms with Crippen LogP contribution in [-0.2, 0) is 21.2 Å². The Labute approximate surface area is 159 Å². The lowest BCUT2D eigenvalue weighted by Crippen LogP contribution is -2.35. The van der Waals surface area contributed by atoms with Gasteiger partial charge in [0.1, 0.15) is 0 Å². The molecule has 0 radical (unpaired) electrons. The van der Waals surface area contributed by atoms with Crippen LogP contribution in [0.15, 0.2) is 59.5 Å². The molecule has 0 saturated carbocycles. The maximum absolute atomic E-state index is 12.2. The molecular weight excluding hydrogens is 366 g/mol. The zero-order chi connectivity index (χ0) is 19.7. The van der Waals surface area contributed by atoms with E-state index in [-0.39, 0.29) is 42.4 Å². The van der Waals surface area contributed by atoms with E-state index in [4.69, 9.17) is 0 Å². The summed E-state index contributed by atoms with van der Waals surface area (Å²) in [7, 11) is -3.62. The molecule has 0 fully saturated rings. The molecule has 2 rings (SSSR count). The Balaban J connectivity index is 1.81. The van der Waals surface area contributed by atoms with E-state index in [1.54, 1.807) is 6.92 Å². The predicted octanol–water partition coefficient (Wildman–Crippen LogP) is 1.07. The van der Waals surface area contributed by atoms with E-state index in [9.17, 15) is 18.0 Å². The van der Waals surface area contributed by atoms with Crippen molar-refractivity contribution in [2.24, 2.45) is 0 Å². The van der Waals surface area contributed by atoms with Crippen molar-refractivity contribution in [1.29, 1.82) is 0 Å². The summed E-state index contributed by atoms with van der Waals surface area (Å²) in [6.07, 6.45) is 0.277. The molecule has 3 N–H and O–H groups in total. The molecule has 8 heteroatoms. The second-order valence-corrected chi connectivity index (χ2v) is 7.56. The van der Waals surface area contributed by atoms with Gasteiger partial charge in [0, 0.05) is 25.2 Å². The van der Waals surface area contributed by atoms with Gasteiger partial charge in [-0.25, -0.2) is 13.1 Å². The number of hydrogen-bond acceptors (Lipinski definition) is 4. The smallest absolute Gasteiger partial charge is 0.251 e. The topological polar surface area (TPSA) is 104 Å². The van der Waals surface area contributed by atoms with Gasteiger partial charge in [-0.15, -0.1) is 0 Å². The van der Waals surface area contributed by atoms with E-state index >= 15 is 0 Å². The standard InChI is InChI=1S/C19H23N3O4S/c1-2-22-27(25,26)17-10-6-9-16(14-17)19(24)21-12-11-20-18(23)13-15-7-4-3-5-8-15/h3-10,14,22H,2,11-13H2,1H3,(H,20,23)(H,21,24). The summed E-state index contributed by atoms with van der Waals surface area (Å²) in [4.78, 5) is 24.1. The number of amides is 2. The normalized spacial score (nSPS) is 11.0. The fourth-order valence-corrected chi connectivity index (χ4v) is 3.49. The fraction of sp³-hybridized carbons (Fsp3) is 0.263. The third-order valence-electron chi connectivity index (χ3n) is 3.68. The Bertz CT molecular complexity index is 883. The highest BCUT2D eigenvalue weighted by molar-refractivity contribution is 7.89. The first-order valence-corrected chi connectivity index (χ1v) is 10.1. The molecule has 0 atom stereocenters. The lowest BCUT2D eigenvalue weighted by atomic mass is 10.1. The number of rotatable bonds is 9. The largest absolute Gasteiger partial charge is 0.354 e. The Morgan fingerprint density at radius 2 is 1.63 bits per heavy atom. The van der Waals surface area contributed by atoms with Crippen LogP contribution in [0.4, 0.5) is 0 Å². The van der Waals surface area contributed by atoms with Gasteiger partial charge in [-0.05, 0) is 23.8 Å². The Hall–Kier alpha value is -2.71. The van der Waals surface area contributed by atoms with E-state index < -0.39 is 15.9 Å². The lowest BCUT2D eigenvalue weighted by Gasteiger charge is -2.09. The summed E-state index contributed by atoms with van der Waals surface area (Å²) in [5.74, 6) is -0.532. The maximum Gasteiger partial charge on any atom is 0.251 e. The van der Waals surface area contributed by atoms with Crippen LogP contribution in [0.5, 0.6) is 0 Å². The maximum atomic E-state index is 12.2. The van der Waals surface area contributed by atoms with Crippen LogP contribution in [0.3, 0.4) is 0 Å². The second kappa shape index (κ2) is 9.84. The van der Waals surface area contributed by atoms with Crippen LogP contribution in [0.25, 0.3) is 0 Å². The number of hydrogen-bond donors (Lipinski definition) is 3. The van der Waals surface area contributed by atoms with Crippen molar-refractivity contribution in [3.8, 4) is 0 Å². The van der Waals surface area contributed by atoms with Gasteiger partial charge in [0.15, 0.2) is 0 Å². The zero-order valence-electron chi connectivity index (χ0n) is 15.1. The van der Waals surface area contributed by atoms with Crippen LogP contribution in [-0.4, -0.2) is 39.9 Å². The van der Waals surface area contributed by atoms with Crippen LogP contribution in [0.1, 0.15) is 22.8 Å². The monoisotopic (exact) mass is 389 g/mol. The molecule has 2 aromatic carbocycles. The van der Waals surface area contributed by atoms with Crippen molar-refractivity contribution in [3.05, 3.63) is 65.7 Å². The van der Waals surface area contributed by atoms with Gasteiger partial charge in [-0.3, -0.25) is 9.59 Å². The molecule has 0 heterocycles. The Kier molecular flexibility index (Phi) is 7.51.